The number of benzene rings is 2. The van der Waals surface area contributed by atoms with E-state index in [-0.39, 0.29) is 23.3 Å². The summed E-state index contributed by atoms with van der Waals surface area (Å²) in [5.41, 5.74) is 0.419. The van der Waals surface area contributed by atoms with Crippen LogP contribution in [0.5, 0.6) is 5.75 Å². The summed E-state index contributed by atoms with van der Waals surface area (Å²) in [7, 11) is 0. The number of carbonyl (C=O) groups excluding carboxylic acids is 1. The maximum atomic E-state index is 13.7. The average Bonchev–Trinajstić information content (AvgIpc) is 2.66. The Morgan fingerprint density at radius 3 is 2.18 bits per heavy atom. The minimum absolute atomic E-state index is 0.0317. The molecule has 0 bridgehead atoms. The van der Waals surface area contributed by atoms with Gasteiger partial charge in [-0.05, 0) is 50.2 Å². The lowest BCUT2D eigenvalue weighted by Crippen LogP contribution is -2.13. The molecule has 0 fully saturated rings. The van der Waals surface area contributed by atoms with Gasteiger partial charge in [0.15, 0.2) is 0 Å². The van der Waals surface area contributed by atoms with Gasteiger partial charge in [-0.3, -0.25) is 4.79 Å². The van der Waals surface area contributed by atoms with Crippen LogP contribution >= 0.6 is 0 Å². The number of halogens is 2. The Morgan fingerprint density at radius 2 is 1.61 bits per heavy atom. The molecule has 0 aliphatic heterocycles. The fourth-order valence-electron chi connectivity index (χ4n) is 2.33. The second-order valence-corrected chi connectivity index (χ2v) is 6.16. The van der Waals surface area contributed by atoms with Gasteiger partial charge in [0, 0.05) is 18.1 Å². The standard InChI is InChI=1S/C20H18F2N4O2/c1-12(2)28-15-8-6-14(7-9-15)25-19(27)13-10-23-20(24-11-13)26-18-16(21)4-3-5-17(18)22/h3-12H,1-2H3,(H,25,27)(H,23,24,26). The van der Waals surface area contributed by atoms with E-state index in [9.17, 15) is 13.6 Å². The summed E-state index contributed by atoms with van der Waals surface area (Å²) >= 11 is 0. The highest BCUT2D eigenvalue weighted by atomic mass is 19.1. The number of rotatable bonds is 6. The van der Waals surface area contributed by atoms with Gasteiger partial charge in [-0.2, -0.15) is 0 Å². The molecule has 3 aromatic rings. The van der Waals surface area contributed by atoms with Crippen LogP contribution < -0.4 is 15.4 Å². The van der Waals surface area contributed by atoms with E-state index in [2.05, 4.69) is 20.6 Å². The Labute approximate surface area is 160 Å². The van der Waals surface area contributed by atoms with Crippen molar-refractivity contribution in [3.63, 3.8) is 0 Å². The molecule has 1 aromatic heterocycles. The van der Waals surface area contributed by atoms with E-state index in [1.54, 1.807) is 24.3 Å². The second kappa shape index (κ2) is 8.43. The van der Waals surface area contributed by atoms with Gasteiger partial charge in [-0.15, -0.1) is 0 Å². The fraction of sp³-hybridized carbons (Fsp3) is 0.150. The number of aromatic nitrogens is 2. The predicted octanol–water partition coefficient (Wildman–Crippen LogP) is 4.54. The maximum Gasteiger partial charge on any atom is 0.258 e. The zero-order valence-corrected chi connectivity index (χ0v) is 15.2. The molecule has 0 aliphatic carbocycles. The molecule has 0 saturated carbocycles. The van der Waals surface area contributed by atoms with Crippen LogP contribution in [-0.4, -0.2) is 22.0 Å². The van der Waals surface area contributed by atoms with Crippen molar-refractivity contribution < 1.29 is 18.3 Å². The quantitative estimate of drug-likeness (QED) is 0.653. The van der Waals surface area contributed by atoms with E-state index in [0.29, 0.717) is 11.4 Å². The molecule has 144 valence electrons. The number of carbonyl (C=O) groups is 1. The number of ether oxygens (including phenoxy) is 1. The first kappa shape index (κ1) is 19.2. The summed E-state index contributed by atoms with van der Waals surface area (Å²) in [4.78, 5) is 20.2. The van der Waals surface area contributed by atoms with Gasteiger partial charge in [0.05, 0.1) is 11.7 Å². The SMILES string of the molecule is CC(C)Oc1ccc(NC(=O)c2cnc(Nc3c(F)cccc3F)nc2)cc1. The molecule has 0 saturated heterocycles. The highest BCUT2D eigenvalue weighted by Crippen LogP contribution is 2.21. The molecule has 1 heterocycles. The van der Waals surface area contributed by atoms with E-state index in [4.69, 9.17) is 4.74 Å². The number of amides is 1. The van der Waals surface area contributed by atoms with Crippen LogP contribution in [0.25, 0.3) is 0 Å². The molecule has 2 N–H and O–H groups in total. The lowest BCUT2D eigenvalue weighted by molar-refractivity contribution is 0.102. The molecule has 0 atom stereocenters. The average molecular weight is 384 g/mol. The molecule has 2 aromatic carbocycles. The van der Waals surface area contributed by atoms with Gasteiger partial charge in [0.2, 0.25) is 5.95 Å². The van der Waals surface area contributed by atoms with Crippen molar-refractivity contribution in [3.8, 4) is 5.75 Å². The van der Waals surface area contributed by atoms with Crippen LogP contribution in [0.15, 0.2) is 54.9 Å². The van der Waals surface area contributed by atoms with Crippen molar-refractivity contribution in [1.29, 1.82) is 0 Å². The largest absolute Gasteiger partial charge is 0.491 e. The number of para-hydroxylation sites is 1. The number of anilines is 3. The Hall–Kier alpha value is -3.55. The lowest BCUT2D eigenvalue weighted by Gasteiger charge is -2.11. The topological polar surface area (TPSA) is 76.1 Å². The summed E-state index contributed by atoms with van der Waals surface area (Å²) in [6.45, 7) is 3.85. The summed E-state index contributed by atoms with van der Waals surface area (Å²) in [5, 5.41) is 5.17. The Balaban J connectivity index is 1.65. The van der Waals surface area contributed by atoms with Crippen molar-refractivity contribution in [2.45, 2.75) is 20.0 Å². The minimum Gasteiger partial charge on any atom is -0.491 e. The van der Waals surface area contributed by atoms with Crippen LogP contribution in [0.4, 0.5) is 26.1 Å². The maximum absolute atomic E-state index is 13.7. The molecule has 0 radical (unpaired) electrons. The minimum atomic E-state index is -0.768. The third-order valence-electron chi connectivity index (χ3n) is 3.60. The zero-order chi connectivity index (χ0) is 20.1. The van der Waals surface area contributed by atoms with E-state index in [1.807, 2.05) is 13.8 Å². The van der Waals surface area contributed by atoms with E-state index < -0.39 is 17.5 Å². The molecule has 3 rings (SSSR count). The smallest absolute Gasteiger partial charge is 0.258 e. The van der Waals surface area contributed by atoms with Crippen molar-refractivity contribution in [2.75, 3.05) is 10.6 Å². The van der Waals surface area contributed by atoms with Crippen molar-refractivity contribution >= 4 is 23.2 Å². The van der Waals surface area contributed by atoms with Crippen LogP contribution in [0, 0.1) is 11.6 Å². The highest BCUT2D eigenvalue weighted by Gasteiger charge is 2.12. The summed E-state index contributed by atoms with van der Waals surface area (Å²) in [5.74, 6) is -1.28. The van der Waals surface area contributed by atoms with Gasteiger partial charge in [-0.1, -0.05) is 6.07 Å². The van der Waals surface area contributed by atoms with Gasteiger partial charge < -0.3 is 15.4 Å². The zero-order valence-electron chi connectivity index (χ0n) is 15.2. The summed E-state index contributed by atoms with van der Waals surface area (Å²) < 4.78 is 32.9. The van der Waals surface area contributed by atoms with Gasteiger partial charge in [0.25, 0.3) is 5.91 Å². The molecule has 0 aliphatic rings. The lowest BCUT2D eigenvalue weighted by atomic mass is 10.2. The monoisotopic (exact) mass is 384 g/mol. The third-order valence-corrected chi connectivity index (χ3v) is 3.60. The van der Waals surface area contributed by atoms with Crippen molar-refractivity contribution in [3.05, 3.63) is 72.1 Å². The fourth-order valence-corrected chi connectivity index (χ4v) is 2.33. The molecule has 0 unspecified atom stereocenters. The Bertz CT molecular complexity index is 941. The molecule has 6 nitrogen and oxygen atoms in total. The highest BCUT2D eigenvalue weighted by molar-refractivity contribution is 6.03. The molecule has 0 spiro atoms. The van der Waals surface area contributed by atoms with E-state index in [1.165, 1.54) is 18.5 Å². The van der Waals surface area contributed by atoms with Crippen molar-refractivity contribution in [2.24, 2.45) is 0 Å². The Morgan fingerprint density at radius 1 is 1.00 bits per heavy atom. The van der Waals surface area contributed by atoms with Crippen LogP contribution in [-0.2, 0) is 0 Å². The van der Waals surface area contributed by atoms with Gasteiger partial charge >= 0.3 is 0 Å². The molecule has 8 heteroatoms. The van der Waals surface area contributed by atoms with Crippen LogP contribution in [0.1, 0.15) is 24.2 Å². The molecular formula is C20H18F2N4O2. The Kier molecular flexibility index (Phi) is 5.78. The third kappa shape index (κ3) is 4.79. The first-order valence-electron chi connectivity index (χ1n) is 8.53. The van der Waals surface area contributed by atoms with E-state index >= 15 is 0 Å². The number of hydrogen-bond acceptors (Lipinski definition) is 5. The second-order valence-electron chi connectivity index (χ2n) is 6.16. The molecule has 1 amide bonds. The van der Waals surface area contributed by atoms with Crippen molar-refractivity contribution in [1.82, 2.24) is 9.97 Å². The van der Waals surface area contributed by atoms with Crippen LogP contribution in [0.3, 0.4) is 0 Å². The van der Waals surface area contributed by atoms with Gasteiger partial charge in [-0.25, -0.2) is 18.7 Å². The number of hydrogen-bond donors (Lipinski definition) is 2. The van der Waals surface area contributed by atoms with Crippen LogP contribution in [0.2, 0.25) is 0 Å². The predicted molar refractivity (Wildman–Crippen MR) is 102 cm³/mol. The number of nitrogens with zero attached hydrogens (tertiary/aromatic N) is 2. The van der Waals surface area contributed by atoms with Gasteiger partial charge in [0.1, 0.15) is 23.1 Å². The number of nitrogens with one attached hydrogen (secondary N) is 2. The summed E-state index contributed by atoms with van der Waals surface area (Å²) in [6, 6.07) is 10.4. The normalized spacial score (nSPS) is 10.6. The first-order chi connectivity index (χ1) is 13.4. The first-order valence-corrected chi connectivity index (χ1v) is 8.53. The molecule has 28 heavy (non-hydrogen) atoms. The summed E-state index contributed by atoms with van der Waals surface area (Å²) in [6.07, 6.45) is 2.59. The molecular weight excluding hydrogens is 366 g/mol. The van der Waals surface area contributed by atoms with E-state index in [0.717, 1.165) is 12.1 Å².